The average Bonchev–Trinajstić information content (AvgIpc) is 3.72. The zero-order chi connectivity index (χ0) is 47.0. The molecule has 7 atom stereocenters. The van der Waals surface area contributed by atoms with E-state index in [0.29, 0.717) is 25.7 Å². The number of aromatic amines is 1. The predicted molar refractivity (Wildman–Crippen MR) is 244 cm³/mol. The van der Waals surface area contributed by atoms with Gasteiger partial charge in [-0.05, 0) is 79.8 Å². The largest absolute Gasteiger partial charge is 0.508 e. The number of methoxy groups -OCH3 is 1. The van der Waals surface area contributed by atoms with Gasteiger partial charge in [0.25, 0.3) is 0 Å². The molecule has 7 amide bonds. The summed E-state index contributed by atoms with van der Waals surface area (Å²) in [6.07, 6.45) is 3.65. The zero-order valence-electron chi connectivity index (χ0n) is 37.6. The Balaban J connectivity index is 1.43. The Morgan fingerprint density at radius 1 is 0.846 bits per heavy atom. The first-order chi connectivity index (χ1) is 31.2. The molecule has 4 aromatic rings. The van der Waals surface area contributed by atoms with Gasteiger partial charge in [-0.15, -0.1) is 0 Å². The van der Waals surface area contributed by atoms with Gasteiger partial charge < -0.3 is 51.6 Å². The van der Waals surface area contributed by atoms with Gasteiger partial charge in [0.05, 0.1) is 7.11 Å². The normalized spacial score (nSPS) is 21.6. The van der Waals surface area contributed by atoms with Crippen molar-refractivity contribution in [3.05, 3.63) is 102 Å². The number of aromatic nitrogens is 1. The van der Waals surface area contributed by atoms with Crippen LogP contribution in [0.15, 0.2) is 85.1 Å². The lowest BCUT2D eigenvalue weighted by atomic mass is 9.96. The Morgan fingerprint density at radius 2 is 1.54 bits per heavy atom. The summed E-state index contributed by atoms with van der Waals surface area (Å²) >= 11 is 0. The number of phenols is 1. The van der Waals surface area contributed by atoms with Crippen molar-refractivity contribution in [1.82, 2.24) is 41.8 Å². The summed E-state index contributed by atoms with van der Waals surface area (Å²) < 4.78 is 5.03. The summed E-state index contributed by atoms with van der Waals surface area (Å²) in [4.78, 5) is 102. The molecule has 1 fully saturated rings. The van der Waals surface area contributed by atoms with Crippen molar-refractivity contribution in [2.45, 2.75) is 108 Å². The number of amides is 7. The van der Waals surface area contributed by atoms with Crippen molar-refractivity contribution in [2.75, 3.05) is 20.7 Å². The highest BCUT2D eigenvalue weighted by atomic mass is 16.5. The third kappa shape index (κ3) is 13.8. The summed E-state index contributed by atoms with van der Waals surface area (Å²) in [5.41, 5.74) is 3.18. The first-order valence-corrected chi connectivity index (χ1v) is 22.2. The number of H-pyrrole nitrogens is 1. The van der Waals surface area contributed by atoms with Crippen molar-refractivity contribution >= 4 is 52.4 Å². The van der Waals surface area contributed by atoms with Crippen LogP contribution >= 0.6 is 0 Å². The third-order valence-corrected chi connectivity index (χ3v) is 12.0. The SMILES string of the molecule is CC[C@H](C)[C@@H]1NC(=O)[C@H](NC(=O)N[C@@H](Cc2c[nH]c3ccccc23)C(=O)OC)CCCCNC(=O)[C@H](Cc2ccccc2)NC(=O)[C@H](C)N(C)C(=O)[C@H](CCc2ccc(O)cc2)NC1=O. The molecule has 0 bridgehead atoms. The van der Waals surface area contributed by atoms with E-state index in [0.717, 1.165) is 27.6 Å². The second-order valence-electron chi connectivity index (χ2n) is 16.6. The van der Waals surface area contributed by atoms with E-state index >= 15 is 0 Å². The fourth-order valence-electron chi connectivity index (χ4n) is 7.70. The summed E-state index contributed by atoms with van der Waals surface area (Å²) in [5, 5.41) is 27.5. The molecule has 0 aliphatic carbocycles. The molecular weight excluding hydrogens is 833 g/mol. The molecule has 0 radical (unpaired) electrons. The number of carbonyl (C=O) groups is 7. The smallest absolute Gasteiger partial charge is 0.328 e. The number of rotatable bonds is 12. The second-order valence-corrected chi connectivity index (χ2v) is 16.6. The number of nitrogens with zero attached hydrogens (tertiary/aromatic N) is 1. The zero-order valence-corrected chi connectivity index (χ0v) is 37.6. The summed E-state index contributed by atoms with van der Waals surface area (Å²) in [6.45, 7) is 5.34. The maximum absolute atomic E-state index is 14.3. The molecule has 8 N–H and O–H groups in total. The van der Waals surface area contributed by atoms with Gasteiger partial charge in [-0.3, -0.25) is 24.0 Å². The minimum atomic E-state index is -1.21. The number of aromatic hydroxyl groups is 1. The number of likely N-dealkylation sites (N-methyl/N-ethyl adjacent to an activating group) is 1. The lowest BCUT2D eigenvalue weighted by Gasteiger charge is -2.32. The van der Waals surface area contributed by atoms with E-state index in [-0.39, 0.29) is 38.0 Å². The van der Waals surface area contributed by atoms with Crippen molar-refractivity contribution in [3.8, 4) is 5.75 Å². The molecule has 17 nitrogen and oxygen atoms in total. The van der Waals surface area contributed by atoms with Crippen LogP contribution in [0.2, 0.25) is 0 Å². The van der Waals surface area contributed by atoms with Crippen LogP contribution in [0.4, 0.5) is 4.79 Å². The van der Waals surface area contributed by atoms with Gasteiger partial charge in [-0.2, -0.15) is 0 Å². The first-order valence-electron chi connectivity index (χ1n) is 22.2. The van der Waals surface area contributed by atoms with E-state index in [4.69, 9.17) is 4.74 Å². The molecule has 17 heteroatoms. The molecule has 0 spiro atoms. The van der Waals surface area contributed by atoms with Crippen LogP contribution in [-0.4, -0.2) is 113 Å². The van der Waals surface area contributed by atoms with Gasteiger partial charge >= 0.3 is 12.0 Å². The third-order valence-electron chi connectivity index (χ3n) is 12.0. The van der Waals surface area contributed by atoms with Crippen LogP contribution in [0, 0.1) is 5.92 Å². The Morgan fingerprint density at radius 3 is 2.25 bits per heavy atom. The average molecular weight is 895 g/mol. The fourth-order valence-corrected chi connectivity index (χ4v) is 7.70. The summed E-state index contributed by atoms with van der Waals surface area (Å²) in [6, 6.07) is 15.6. The highest BCUT2D eigenvalue weighted by molar-refractivity contribution is 5.97. The van der Waals surface area contributed by atoms with Crippen molar-refractivity contribution in [2.24, 2.45) is 5.92 Å². The molecule has 2 heterocycles. The first kappa shape index (κ1) is 49.1. The molecule has 1 aliphatic rings. The van der Waals surface area contributed by atoms with E-state index < -0.39 is 83.7 Å². The van der Waals surface area contributed by atoms with Crippen LogP contribution in [0.5, 0.6) is 5.75 Å². The quantitative estimate of drug-likeness (QED) is 0.0974. The second kappa shape index (κ2) is 23.7. The molecule has 1 aromatic heterocycles. The molecule has 348 valence electrons. The highest BCUT2D eigenvalue weighted by Gasteiger charge is 2.36. The van der Waals surface area contributed by atoms with Gasteiger partial charge in [0, 0.05) is 43.5 Å². The molecule has 1 saturated heterocycles. The Labute approximate surface area is 379 Å². The van der Waals surface area contributed by atoms with Crippen LogP contribution in [0.25, 0.3) is 10.9 Å². The number of para-hydroxylation sites is 1. The monoisotopic (exact) mass is 894 g/mol. The predicted octanol–water partition coefficient (Wildman–Crippen LogP) is 3.15. The summed E-state index contributed by atoms with van der Waals surface area (Å²) in [7, 11) is 2.66. The number of hydrogen-bond acceptors (Lipinski definition) is 9. The van der Waals surface area contributed by atoms with Gasteiger partial charge in [0.1, 0.15) is 42.0 Å². The number of benzene rings is 3. The topological polar surface area (TPSA) is 240 Å². The molecule has 3 aromatic carbocycles. The van der Waals surface area contributed by atoms with Crippen LogP contribution in [0.1, 0.15) is 69.6 Å². The highest BCUT2D eigenvalue weighted by Crippen LogP contribution is 2.20. The minimum absolute atomic E-state index is 0.0648. The number of esters is 1. The molecule has 1 aliphatic heterocycles. The van der Waals surface area contributed by atoms with Crippen LogP contribution in [-0.2, 0) is 52.8 Å². The number of urea groups is 1. The molecule has 5 rings (SSSR count). The Kier molecular flexibility index (Phi) is 17.9. The van der Waals surface area contributed by atoms with Gasteiger partial charge in [-0.1, -0.05) is 80.9 Å². The lowest BCUT2D eigenvalue weighted by molar-refractivity contribution is -0.142. The molecule has 65 heavy (non-hydrogen) atoms. The van der Waals surface area contributed by atoms with Crippen molar-refractivity contribution in [3.63, 3.8) is 0 Å². The number of nitrogens with one attached hydrogen (secondary N) is 7. The van der Waals surface area contributed by atoms with E-state index in [2.05, 4.69) is 36.9 Å². The van der Waals surface area contributed by atoms with E-state index in [1.807, 2.05) is 61.5 Å². The lowest BCUT2D eigenvalue weighted by Crippen LogP contribution is -2.60. The number of carbonyl (C=O) groups excluding carboxylic acids is 7. The number of hydrogen-bond donors (Lipinski definition) is 8. The van der Waals surface area contributed by atoms with Crippen molar-refractivity contribution < 1.29 is 43.4 Å². The van der Waals surface area contributed by atoms with E-state index in [9.17, 15) is 38.7 Å². The van der Waals surface area contributed by atoms with Crippen LogP contribution in [0.3, 0.4) is 0 Å². The number of ether oxygens (including phenoxy) is 1. The number of fused-ring (bicyclic) bond motifs is 1. The van der Waals surface area contributed by atoms with Gasteiger partial charge in [0.2, 0.25) is 29.5 Å². The maximum atomic E-state index is 14.3. The molecular formula is C48H62N8O9. The Bertz CT molecular complexity index is 2270. The fraction of sp³-hybridized carbons (Fsp3) is 0.438. The molecule has 0 saturated carbocycles. The standard InChI is InChI=1S/C48H62N8O9/c1-6-29(2)41-45(61)51-38(24-21-31-19-22-34(57)23-20-31)46(62)56(4)30(3)42(58)52-39(26-32-14-8-7-9-15-32)43(59)49-25-13-12-18-37(44(60)55-41)53-48(64)54-40(47(63)65-5)27-33-28-50-36-17-11-10-16-35(33)36/h7-11,14-17,19-20,22-23,28-30,37-41,50,57H,6,12-13,18,21,24-27H2,1-5H3,(H,49,59)(H,51,61)(H,52,58)(H,55,60)(H2,53,54,64)/t29-,30-,37+,38-,39-,40-,41-/m0/s1. The van der Waals surface area contributed by atoms with Gasteiger partial charge in [0.15, 0.2) is 0 Å². The van der Waals surface area contributed by atoms with Crippen LogP contribution < -0.4 is 31.9 Å². The van der Waals surface area contributed by atoms with Gasteiger partial charge in [-0.25, -0.2) is 9.59 Å². The molecule has 0 unspecified atom stereocenters. The maximum Gasteiger partial charge on any atom is 0.328 e. The number of aryl methyl sites for hydroxylation is 1. The van der Waals surface area contributed by atoms with E-state index in [1.165, 1.54) is 38.1 Å². The minimum Gasteiger partial charge on any atom is -0.508 e. The Hall–Kier alpha value is -6.91. The summed E-state index contributed by atoms with van der Waals surface area (Å²) in [5.74, 6) is -4.01. The van der Waals surface area contributed by atoms with E-state index in [1.54, 1.807) is 25.3 Å². The van der Waals surface area contributed by atoms with Crippen molar-refractivity contribution in [1.29, 1.82) is 0 Å². The number of phenolic OH excluding ortho intramolecular Hbond substituents is 1.